The summed E-state index contributed by atoms with van der Waals surface area (Å²) in [5, 5.41) is 0. The molecule has 0 aliphatic carbocycles. The molecule has 1 nitrogen and oxygen atoms in total. The zero-order valence-electron chi connectivity index (χ0n) is 32.8. The van der Waals surface area contributed by atoms with Crippen molar-refractivity contribution in [2.24, 2.45) is 0 Å². The van der Waals surface area contributed by atoms with Gasteiger partial charge in [0.2, 0.25) is 0 Å². The molecule has 0 unspecified atom stereocenters. The van der Waals surface area contributed by atoms with Gasteiger partial charge in [0.1, 0.15) is 0 Å². The molecule has 0 fully saturated rings. The second-order valence-electron chi connectivity index (χ2n) is 15.8. The second-order valence-corrected chi connectivity index (χ2v) is 15.8. The summed E-state index contributed by atoms with van der Waals surface area (Å²) in [7, 11) is 5.34. The van der Waals surface area contributed by atoms with Crippen LogP contribution in [0.3, 0.4) is 0 Å². The van der Waals surface area contributed by atoms with Gasteiger partial charge in [0, 0.05) is 19.3 Å². The van der Waals surface area contributed by atoms with E-state index in [0.29, 0.717) is 5.54 Å². The lowest BCUT2D eigenvalue weighted by Gasteiger charge is -2.50. The molecular weight excluding hydrogens is 566 g/mol. The van der Waals surface area contributed by atoms with E-state index in [-0.39, 0.29) is 12.4 Å². The van der Waals surface area contributed by atoms with Gasteiger partial charge in [0.25, 0.3) is 0 Å². The molecule has 2 heteroatoms. The zero-order chi connectivity index (χ0) is 32.5. The molecule has 0 aromatic heterocycles. The van der Waals surface area contributed by atoms with Gasteiger partial charge >= 0.3 is 0 Å². The number of rotatable bonds is 37. The molecular formula is C43H90ClN. The summed E-state index contributed by atoms with van der Waals surface area (Å²) in [6, 6.07) is 0. The molecule has 0 radical (unpaired) electrons. The third-order valence-electron chi connectivity index (χ3n) is 11.3. The molecule has 0 bridgehead atoms. The van der Waals surface area contributed by atoms with Gasteiger partial charge in [-0.05, 0) is 32.1 Å². The Morgan fingerprint density at radius 1 is 0.289 bits per heavy atom. The van der Waals surface area contributed by atoms with E-state index in [1.54, 1.807) is 0 Å². The summed E-state index contributed by atoms with van der Waals surface area (Å²) >= 11 is 0. The fraction of sp³-hybridized carbons (Fsp3) is 1.00. The highest BCUT2D eigenvalue weighted by atomic mass is 35.5. The van der Waals surface area contributed by atoms with Gasteiger partial charge in [-0.1, -0.05) is 201 Å². The van der Waals surface area contributed by atoms with Crippen LogP contribution in [-0.2, 0) is 0 Å². The van der Waals surface area contributed by atoms with Gasteiger partial charge in [-0.2, -0.15) is 0 Å². The Balaban J connectivity index is 0. The van der Waals surface area contributed by atoms with Crippen LogP contribution in [-0.4, -0.2) is 30.7 Å². The predicted octanol–water partition coefficient (Wildman–Crippen LogP) is 12.5. The number of hydrogen-bond acceptors (Lipinski definition) is 0. The van der Waals surface area contributed by atoms with Crippen LogP contribution in [0.2, 0.25) is 0 Å². The van der Waals surface area contributed by atoms with Crippen LogP contribution in [0.4, 0.5) is 0 Å². The van der Waals surface area contributed by atoms with Crippen molar-refractivity contribution in [1.82, 2.24) is 0 Å². The minimum Gasteiger partial charge on any atom is -1.00 e. The third kappa shape index (κ3) is 27.9. The minimum absolute atomic E-state index is 0. The van der Waals surface area contributed by atoms with Crippen molar-refractivity contribution < 1.29 is 16.9 Å². The maximum atomic E-state index is 2.67. The Morgan fingerprint density at radius 3 is 0.733 bits per heavy atom. The van der Waals surface area contributed by atoms with Crippen molar-refractivity contribution in [1.29, 1.82) is 0 Å². The lowest BCUT2D eigenvalue weighted by Crippen LogP contribution is -3.00. The first-order chi connectivity index (χ1) is 21.5. The standard InChI is InChI=1S/C43H90N.ClH/c1-7-11-15-19-23-27-31-35-39-43(40-36-32-28-24-20-16-12-8-2,41-37-33-29-25-21-17-13-9-3)44(5,6)42-38-34-30-26-22-18-14-10-4;/h7-42H2,1-6H3;1H/q+1;/p-1. The zero-order valence-corrected chi connectivity index (χ0v) is 33.5. The predicted molar refractivity (Wildman–Crippen MR) is 204 cm³/mol. The van der Waals surface area contributed by atoms with E-state index >= 15 is 0 Å². The highest BCUT2D eigenvalue weighted by Gasteiger charge is 2.43. The lowest BCUT2D eigenvalue weighted by atomic mass is 9.78. The molecule has 45 heavy (non-hydrogen) atoms. The van der Waals surface area contributed by atoms with Crippen LogP contribution in [0.5, 0.6) is 0 Å². The van der Waals surface area contributed by atoms with E-state index in [2.05, 4.69) is 41.8 Å². The molecule has 0 N–H and O–H groups in total. The van der Waals surface area contributed by atoms with Gasteiger partial charge in [0.15, 0.2) is 0 Å². The average Bonchev–Trinajstić information content (AvgIpc) is 3.01. The number of quaternary nitrogens is 1. The number of unbranched alkanes of at least 4 members (excludes halogenated alkanes) is 28. The van der Waals surface area contributed by atoms with Crippen molar-refractivity contribution in [3.63, 3.8) is 0 Å². The van der Waals surface area contributed by atoms with Crippen LogP contribution < -0.4 is 12.4 Å². The van der Waals surface area contributed by atoms with Gasteiger partial charge in [0.05, 0.1) is 26.2 Å². The van der Waals surface area contributed by atoms with E-state index in [1.807, 2.05) is 0 Å². The van der Waals surface area contributed by atoms with Crippen LogP contribution in [0, 0.1) is 0 Å². The Labute approximate surface area is 294 Å². The normalized spacial score (nSPS) is 12.1. The van der Waals surface area contributed by atoms with E-state index in [1.165, 1.54) is 236 Å². The van der Waals surface area contributed by atoms with E-state index < -0.39 is 0 Å². The maximum Gasteiger partial charge on any atom is 0.0988 e. The molecule has 0 atom stereocenters. The Hall–Kier alpha value is 0.250. The molecule has 0 amide bonds. The largest absolute Gasteiger partial charge is 1.00 e. The molecule has 0 saturated heterocycles. The molecule has 0 spiro atoms. The molecule has 274 valence electrons. The highest BCUT2D eigenvalue weighted by Crippen LogP contribution is 2.39. The van der Waals surface area contributed by atoms with E-state index in [0.717, 1.165) is 0 Å². The highest BCUT2D eigenvalue weighted by molar-refractivity contribution is 4.82. The van der Waals surface area contributed by atoms with Crippen molar-refractivity contribution in [2.45, 2.75) is 258 Å². The van der Waals surface area contributed by atoms with Crippen LogP contribution in [0.1, 0.15) is 252 Å². The topological polar surface area (TPSA) is 0 Å². The molecule has 0 aliphatic rings. The summed E-state index contributed by atoms with van der Waals surface area (Å²) in [6.07, 6.45) is 50.9. The lowest BCUT2D eigenvalue weighted by molar-refractivity contribution is -0.944. The maximum absolute atomic E-state index is 2.67. The fourth-order valence-corrected chi connectivity index (χ4v) is 7.92. The van der Waals surface area contributed by atoms with Crippen molar-refractivity contribution in [2.75, 3.05) is 20.6 Å². The molecule has 0 heterocycles. The summed E-state index contributed by atoms with van der Waals surface area (Å²) in [4.78, 5) is 0. The van der Waals surface area contributed by atoms with Crippen LogP contribution in [0.25, 0.3) is 0 Å². The Kier molecular flexibility index (Phi) is 37.4. The fourth-order valence-electron chi connectivity index (χ4n) is 7.92. The number of hydrogen-bond donors (Lipinski definition) is 0. The summed E-state index contributed by atoms with van der Waals surface area (Å²) in [5.41, 5.74) is 0.508. The number of halogens is 1. The van der Waals surface area contributed by atoms with E-state index in [9.17, 15) is 0 Å². The summed E-state index contributed by atoms with van der Waals surface area (Å²) in [5.74, 6) is 0. The first-order valence-corrected chi connectivity index (χ1v) is 21.3. The molecule has 0 aliphatic heterocycles. The Bertz CT molecular complexity index is 494. The summed E-state index contributed by atoms with van der Waals surface area (Å²) in [6.45, 7) is 10.8. The molecule has 0 rings (SSSR count). The van der Waals surface area contributed by atoms with Gasteiger partial charge in [-0.3, -0.25) is 0 Å². The van der Waals surface area contributed by atoms with Crippen molar-refractivity contribution >= 4 is 0 Å². The van der Waals surface area contributed by atoms with Crippen molar-refractivity contribution in [3.05, 3.63) is 0 Å². The second kappa shape index (κ2) is 35.6. The number of nitrogens with zero attached hydrogens (tertiary/aromatic N) is 1. The first kappa shape index (κ1) is 47.4. The quantitative estimate of drug-likeness (QED) is 0.0461. The Morgan fingerprint density at radius 2 is 0.489 bits per heavy atom. The van der Waals surface area contributed by atoms with Crippen molar-refractivity contribution in [3.8, 4) is 0 Å². The van der Waals surface area contributed by atoms with Crippen LogP contribution in [0.15, 0.2) is 0 Å². The smallest absolute Gasteiger partial charge is 0.0988 e. The first-order valence-electron chi connectivity index (χ1n) is 21.3. The minimum atomic E-state index is 0. The molecule has 0 saturated carbocycles. The summed E-state index contributed by atoms with van der Waals surface area (Å²) < 4.78 is 1.30. The van der Waals surface area contributed by atoms with Crippen LogP contribution >= 0.6 is 0 Å². The van der Waals surface area contributed by atoms with Gasteiger partial charge in [-0.25, -0.2) is 0 Å². The SMILES string of the molecule is CCCCCCCCCCC(CCCCCCCCCC)(CCCCCCCCCC)[N+](C)(C)CCCCCCCCCC.[Cl-]. The van der Waals surface area contributed by atoms with Gasteiger partial charge in [-0.15, -0.1) is 0 Å². The third-order valence-corrected chi connectivity index (χ3v) is 11.3. The van der Waals surface area contributed by atoms with Gasteiger partial charge < -0.3 is 16.9 Å². The molecule has 0 aromatic rings. The monoisotopic (exact) mass is 656 g/mol. The molecule has 0 aromatic carbocycles. The average molecular weight is 657 g/mol. The van der Waals surface area contributed by atoms with E-state index in [4.69, 9.17) is 0 Å².